The molecule has 3 N–H and O–H groups in total. The Balaban J connectivity index is 3.40. The zero-order chi connectivity index (χ0) is 10.9. The molecule has 1 aromatic rings. The van der Waals surface area contributed by atoms with Crippen molar-refractivity contribution in [3.8, 4) is 0 Å². The summed E-state index contributed by atoms with van der Waals surface area (Å²) in [6.45, 7) is -0.553. The van der Waals surface area contributed by atoms with Gasteiger partial charge in [-0.15, -0.1) is 0 Å². The zero-order valence-electron chi connectivity index (χ0n) is 6.90. The SMILES string of the molecule is Nc1ccc(CO)c(Cl)c1C(F)(F)F. The summed E-state index contributed by atoms with van der Waals surface area (Å²) in [6.07, 6.45) is -4.60. The van der Waals surface area contributed by atoms with Crippen molar-refractivity contribution in [3.05, 3.63) is 28.3 Å². The fourth-order valence-corrected chi connectivity index (χ4v) is 1.38. The number of benzene rings is 1. The van der Waals surface area contributed by atoms with Crippen molar-refractivity contribution in [2.45, 2.75) is 12.8 Å². The van der Waals surface area contributed by atoms with Gasteiger partial charge in [0.15, 0.2) is 0 Å². The summed E-state index contributed by atoms with van der Waals surface area (Å²) in [7, 11) is 0. The van der Waals surface area contributed by atoms with Gasteiger partial charge in [0.2, 0.25) is 0 Å². The first-order chi connectivity index (χ1) is 6.38. The topological polar surface area (TPSA) is 46.2 Å². The normalized spacial score (nSPS) is 11.8. The lowest BCUT2D eigenvalue weighted by molar-refractivity contribution is -0.136. The molecule has 0 aromatic heterocycles. The summed E-state index contributed by atoms with van der Waals surface area (Å²) in [5.74, 6) is 0. The minimum atomic E-state index is -4.60. The number of alkyl halides is 3. The molecule has 2 nitrogen and oxygen atoms in total. The van der Waals surface area contributed by atoms with Crippen molar-refractivity contribution >= 4 is 17.3 Å². The first-order valence-electron chi connectivity index (χ1n) is 3.63. The maximum atomic E-state index is 12.4. The average molecular weight is 226 g/mol. The predicted molar refractivity (Wildman–Crippen MR) is 46.8 cm³/mol. The van der Waals surface area contributed by atoms with Gasteiger partial charge < -0.3 is 10.8 Å². The molecule has 14 heavy (non-hydrogen) atoms. The second kappa shape index (κ2) is 3.67. The second-order valence-electron chi connectivity index (χ2n) is 2.66. The highest BCUT2D eigenvalue weighted by Crippen LogP contribution is 2.40. The number of hydrogen-bond donors (Lipinski definition) is 2. The van der Waals surface area contributed by atoms with Crippen LogP contribution in [0.1, 0.15) is 11.1 Å². The third-order valence-corrected chi connectivity index (χ3v) is 2.14. The van der Waals surface area contributed by atoms with Crippen LogP contribution in [-0.2, 0) is 12.8 Å². The Labute approximate surface area is 83.1 Å². The Morgan fingerprint density at radius 3 is 2.36 bits per heavy atom. The quantitative estimate of drug-likeness (QED) is 0.721. The highest BCUT2D eigenvalue weighted by molar-refractivity contribution is 6.32. The third kappa shape index (κ3) is 1.93. The van der Waals surface area contributed by atoms with Crippen LogP contribution in [0.4, 0.5) is 18.9 Å². The van der Waals surface area contributed by atoms with E-state index in [9.17, 15) is 13.2 Å². The van der Waals surface area contributed by atoms with Gasteiger partial charge in [0.1, 0.15) is 0 Å². The van der Waals surface area contributed by atoms with Gasteiger partial charge in [-0.1, -0.05) is 17.7 Å². The number of nitrogens with two attached hydrogens (primary N) is 1. The number of rotatable bonds is 1. The second-order valence-corrected chi connectivity index (χ2v) is 3.04. The van der Waals surface area contributed by atoms with E-state index in [1.54, 1.807) is 0 Å². The molecule has 0 aliphatic rings. The number of aliphatic hydroxyl groups is 1. The Kier molecular flexibility index (Phi) is 2.92. The molecule has 78 valence electrons. The molecule has 0 fully saturated rings. The fourth-order valence-electron chi connectivity index (χ4n) is 1.04. The van der Waals surface area contributed by atoms with Gasteiger partial charge in [-0.2, -0.15) is 13.2 Å². The van der Waals surface area contributed by atoms with Crippen LogP contribution in [-0.4, -0.2) is 5.11 Å². The van der Waals surface area contributed by atoms with Crippen molar-refractivity contribution in [2.75, 3.05) is 5.73 Å². The van der Waals surface area contributed by atoms with Crippen LogP contribution >= 0.6 is 11.6 Å². The number of aliphatic hydroxyl groups excluding tert-OH is 1. The molecule has 1 aromatic carbocycles. The molecule has 0 spiro atoms. The molecule has 0 amide bonds. The number of hydrogen-bond acceptors (Lipinski definition) is 2. The van der Waals surface area contributed by atoms with Crippen molar-refractivity contribution < 1.29 is 18.3 Å². The molecule has 0 heterocycles. The van der Waals surface area contributed by atoms with E-state index in [2.05, 4.69) is 0 Å². The minimum absolute atomic E-state index is 0.00758. The molecule has 0 saturated carbocycles. The van der Waals surface area contributed by atoms with Crippen LogP contribution < -0.4 is 5.73 Å². The molecular weight excluding hydrogens is 219 g/mol. The lowest BCUT2D eigenvalue weighted by atomic mass is 10.1. The van der Waals surface area contributed by atoms with Gasteiger partial charge >= 0.3 is 6.18 Å². The molecule has 0 saturated heterocycles. The van der Waals surface area contributed by atoms with Gasteiger partial charge in [-0.25, -0.2) is 0 Å². The van der Waals surface area contributed by atoms with Crippen molar-refractivity contribution in [3.63, 3.8) is 0 Å². The molecule has 0 aliphatic heterocycles. The van der Waals surface area contributed by atoms with Gasteiger partial charge in [-0.05, 0) is 11.6 Å². The summed E-state index contributed by atoms with van der Waals surface area (Å²) in [5.41, 5.74) is 3.62. The molecule has 6 heteroatoms. The average Bonchev–Trinajstić information content (AvgIpc) is 2.02. The highest BCUT2D eigenvalue weighted by atomic mass is 35.5. The Bertz CT molecular complexity index is 351. The number of halogens is 4. The smallest absolute Gasteiger partial charge is 0.398 e. The lowest BCUT2D eigenvalue weighted by Gasteiger charge is -2.13. The summed E-state index contributed by atoms with van der Waals surface area (Å²) >= 11 is 5.44. The highest BCUT2D eigenvalue weighted by Gasteiger charge is 2.36. The Hall–Kier alpha value is -0.940. The third-order valence-electron chi connectivity index (χ3n) is 1.71. The number of anilines is 1. The zero-order valence-corrected chi connectivity index (χ0v) is 7.65. The maximum absolute atomic E-state index is 12.4. The van der Waals surface area contributed by atoms with E-state index in [0.717, 1.165) is 6.07 Å². The van der Waals surface area contributed by atoms with E-state index in [4.69, 9.17) is 22.4 Å². The van der Waals surface area contributed by atoms with E-state index in [0.29, 0.717) is 0 Å². The molecule has 0 radical (unpaired) electrons. The van der Waals surface area contributed by atoms with Crippen LogP contribution in [0.5, 0.6) is 0 Å². The van der Waals surface area contributed by atoms with Crippen molar-refractivity contribution in [2.24, 2.45) is 0 Å². The monoisotopic (exact) mass is 225 g/mol. The standard InChI is InChI=1S/C8H7ClF3NO/c9-7-4(3-14)1-2-5(13)6(7)8(10,11)12/h1-2,14H,3,13H2. The summed E-state index contributed by atoms with van der Waals surface area (Å²) in [5, 5.41) is 8.17. The Morgan fingerprint density at radius 1 is 1.36 bits per heavy atom. The van der Waals surface area contributed by atoms with Crippen LogP contribution in [0.2, 0.25) is 5.02 Å². The van der Waals surface area contributed by atoms with Crippen LogP contribution in [0.25, 0.3) is 0 Å². The summed E-state index contributed by atoms with van der Waals surface area (Å²) < 4.78 is 37.1. The van der Waals surface area contributed by atoms with Crippen molar-refractivity contribution in [1.82, 2.24) is 0 Å². The Morgan fingerprint density at radius 2 is 1.93 bits per heavy atom. The minimum Gasteiger partial charge on any atom is -0.398 e. The first-order valence-corrected chi connectivity index (χ1v) is 4.00. The van der Waals surface area contributed by atoms with Crippen LogP contribution in [0.3, 0.4) is 0 Å². The van der Waals surface area contributed by atoms with Gasteiger partial charge in [0.05, 0.1) is 17.2 Å². The lowest BCUT2D eigenvalue weighted by Crippen LogP contribution is -2.11. The molecule has 0 bridgehead atoms. The van der Waals surface area contributed by atoms with E-state index < -0.39 is 29.1 Å². The van der Waals surface area contributed by atoms with E-state index in [1.165, 1.54) is 6.07 Å². The first kappa shape index (κ1) is 11.1. The molecule has 0 aliphatic carbocycles. The summed E-state index contributed by atoms with van der Waals surface area (Å²) in [4.78, 5) is 0. The number of nitrogen functional groups attached to an aromatic ring is 1. The fraction of sp³-hybridized carbons (Fsp3) is 0.250. The van der Waals surface area contributed by atoms with Crippen LogP contribution in [0.15, 0.2) is 12.1 Å². The van der Waals surface area contributed by atoms with E-state index >= 15 is 0 Å². The van der Waals surface area contributed by atoms with Crippen LogP contribution in [0, 0.1) is 0 Å². The molecule has 0 unspecified atom stereocenters. The predicted octanol–water partition coefficient (Wildman–Crippen LogP) is 2.43. The molecular formula is C8H7ClF3NO. The van der Waals surface area contributed by atoms with Gasteiger partial charge in [0, 0.05) is 5.69 Å². The van der Waals surface area contributed by atoms with E-state index in [-0.39, 0.29) is 5.56 Å². The molecule has 1 rings (SSSR count). The van der Waals surface area contributed by atoms with Gasteiger partial charge in [0.25, 0.3) is 0 Å². The maximum Gasteiger partial charge on any atom is 0.419 e. The van der Waals surface area contributed by atoms with Gasteiger partial charge in [-0.3, -0.25) is 0 Å². The molecule has 0 atom stereocenters. The largest absolute Gasteiger partial charge is 0.419 e. The van der Waals surface area contributed by atoms with Crippen molar-refractivity contribution in [1.29, 1.82) is 0 Å². The summed E-state index contributed by atoms with van der Waals surface area (Å²) in [6, 6.07) is 2.33. The van der Waals surface area contributed by atoms with E-state index in [1.807, 2.05) is 0 Å².